The zero-order valence-electron chi connectivity index (χ0n) is 9.28. The number of aromatic nitrogens is 2. The third-order valence-corrected chi connectivity index (χ3v) is 2.66. The van der Waals surface area contributed by atoms with Crippen LogP contribution in [0.3, 0.4) is 0 Å². The third kappa shape index (κ3) is 3.46. The standard InChI is InChI=1S/C11H7F3IN3O/c12-11(13,14)8-3-7(16)1-2-9(8)19-10-17-4-6(15)5-18-10/h1-5H,16H2. The molecule has 0 atom stereocenters. The molecule has 0 fully saturated rings. The quantitative estimate of drug-likeness (QED) is 0.640. The zero-order valence-corrected chi connectivity index (χ0v) is 11.4. The van der Waals surface area contributed by atoms with Gasteiger partial charge in [0.05, 0.1) is 0 Å². The van der Waals surface area contributed by atoms with Gasteiger partial charge in [-0.25, -0.2) is 9.97 Å². The molecule has 8 heteroatoms. The molecule has 0 aliphatic heterocycles. The number of nitrogens with zero attached hydrogens (tertiary/aromatic N) is 2. The molecule has 19 heavy (non-hydrogen) atoms. The largest absolute Gasteiger partial charge is 0.424 e. The van der Waals surface area contributed by atoms with Gasteiger partial charge in [0.15, 0.2) is 0 Å². The van der Waals surface area contributed by atoms with Gasteiger partial charge in [0, 0.05) is 21.7 Å². The van der Waals surface area contributed by atoms with Gasteiger partial charge in [-0.3, -0.25) is 0 Å². The number of benzene rings is 1. The first-order valence-corrected chi connectivity index (χ1v) is 6.06. The summed E-state index contributed by atoms with van der Waals surface area (Å²) < 4.78 is 44.2. The number of halogens is 4. The summed E-state index contributed by atoms with van der Waals surface area (Å²) in [4.78, 5) is 7.56. The summed E-state index contributed by atoms with van der Waals surface area (Å²) >= 11 is 1.97. The summed E-state index contributed by atoms with van der Waals surface area (Å²) in [7, 11) is 0. The van der Waals surface area contributed by atoms with Crippen LogP contribution in [0.2, 0.25) is 0 Å². The fourth-order valence-electron chi connectivity index (χ4n) is 1.31. The summed E-state index contributed by atoms with van der Waals surface area (Å²) in [6.07, 6.45) is -1.69. The molecule has 0 aliphatic rings. The van der Waals surface area contributed by atoms with E-state index >= 15 is 0 Å². The Labute approximate surface area is 120 Å². The van der Waals surface area contributed by atoms with E-state index in [4.69, 9.17) is 10.5 Å². The van der Waals surface area contributed by atoms with E-state index in [-0.39, 0.29) is 17.4 Å². The van der Waals surface area contributed by atoms with Crippen LogP contribution in [0.1, 0.15) is 5.56 Å². The maximum atomic E-state index is 12.8. The number of nitrogen functional groups attached to an aromatic ring is 1. The Kier molecular flexibility index (Phi) is 3.78. The van der Waals surface area contributed by atoms with Gasteiger partial charge in [-0.2, -0.15) is 13.2 Å². The van der Waals surface area contributed by atoms with Gasteiger partial charge in [0.1, 0.15) is 11.3 Å². The molecule has 0 spiro atoms. The van der Waals surface area contributed by atoms with Crippen LogP contribution in [0.15, 0.2) is 30.6 Å². The van der Waals surface area contributed by atoms with Gasteiger partial charge in [0.25, 0.3) is 0 Å². The van der Waals surface area contributed by atoms with Gasteiger partial charge in [-0.1, -0.05) is 0 Å². The van der Waals surface area contributed by atoms with E-state index in [1.54, 1.807) is 0 Å². The first kappa shape index (κ1) is 13.8. The molecule has 0 unspecified atom stereocenters. The van der Waals surface area contributed by atoms with Crippen LogP contribution >= 0.6 is 22.6 Å². The van der Waals surface area contributed by atoms with Crippen LogP contribution < -0.4 is 10.5 Å². The first-order valence-electron chi connectivity index (χ1n) is 4.98. The monoisotopic (exact) mass is 381 g/mol. The van der Waals surface area contributed by atoms with Crippen LogP contribution in [0, 0.1) is 3.57 Å². The second kappa shape index (κ2) is 5.19. The fourth-order valence-corrected chi connectivity index (χ4v) is 1.59. The van der Waals surface area contributed by atoms with E-state index in [2.05, 4.69) is 9.97 Å². The molecule has 4 nitrogen and oxygen atoms in total. The Morgan fingerprint density at radius 1 is 1.16 bits per heavy atom. The summed E-state index contributed by atoms with van der Waals surface area (Å²) in [5, 5.41) is 0. The number of rotatable bonds is 2. The summed E-state index contributed by atoms with van der Waals surface area (Å²) in [6.45, 7) is 0. The Hall–Kier alpha value is -1.58. The van der Waals surface area contributed by atoms with E-state index in [1.165, 1.54) is 18.5 Å². The topological polar surface area (TPSA) is 61.0 Å². The molecule has 0 saturated heterocycles. The van der Waals surface area contributed by atoms with E-state index in [9.17, 15) is 13.2 Å². The van der Waals surface area contributed by atoms with Gasteiger partial charge in [0.2, 0.25) is 0 Å². The van der Waals surface area contributed by atoms with Crippen molar-refractivity contribution in [2.75, 3.05) is 5.73 Å². The molecule has 1 aromatic heterocycles. The van der Waals surface area contributed by atoms with Crippen molar-refractivity contribution in [3.8, 4) is 11.8 Å². The Bertz CT molecular complexity index is 587. The minimum atomic E-state index is -4.56. The molecule has 0 saturated carbocycles. The van der Waals surface area contributed by atoms with Crippen molar-refractivity contribution < 1.29 is 17.9 Å². The summed E-state index contributed by atoms with van der Waals surface area (Å²) in [6, 6.07) is 3.11. The van der Waals surface area contributed by atoms with E-state index in [0.717, 1.165) is 15.7 Å². The number of nitrogens with two attached hydrogens (primary N) is 1. The van der Waals surface area contributed by atoms with Crippen molar-refractivity contribution in [3.63, 3.8) is 0 Å². The molecule has 0 aliphatic carbocycles. The van der Waals surface area contributed by atoms with Crippen LogP contribution in [0.4, 0.5) is 18.9 Å². The predicted molar refractivity (Wildman–Crippen MR) is 70.7 cm³/mol. The Balaban J connectivity index is 2.37. The third-order valence-electron chi connectivity index (χ3n) is 2.11. The average Bonchev–Trinajstić information content (AvgIpc) is 2.33. The molecule has 2 N–H and O–H groups in total. The van der Waals surface area contributed by atoms with E-state index in [1.807, 2.05) is 22.6 Å². The van der Waals surface area contributed by atoms with Crippen LogP contribution in [0.25, 0.3) is 0 Å². The van der Waals surface area contributed by atoms with Gasteiger partial charge in [-0.15, -0.1) is 0 Å². The number of hydrogen-bond acceptors (Lipinski definition) is 4. The minimum absolute atomic E-state index is 0.00297. The Morgan fingerprint density at radius 3 is 2.37 bits per heavy atom. The molecular weight excluding hydrogens is 374 g/mol. The molecule has 1 heterocycles. The molecule has 0 bridgehead atoms. The molecule has 0 amide bonds. The number of alkyl halides is 3. The fraction of sp³-hybridized carbons (Fsp3) is 0.0909. The van der Waals surface area contributed by atoms with Crippen LogP contribution in [-0.4, -0.2) is 9.97 Å². The van der Waals surface area contributed by atoms with Gasteiger partial charge in [-0.05, 0) is 40.8 Å². The van der Waals surface area contributed by atoms with Crippen molar-refractivity contribution in [2.24, 2.45) is 0 Å². The number of hydrogen-bond donors (Lipinski definition) is 1. The van der Waals surface area contributed by atoms with E-state index < -0.39 is 11.7 Å². The molecule has 2 rings (SSSR count). The molecule has 1 aromatic carbocycles. The lowest BCUT2D eigenvalue weighted by atomic mass is 10.1. The van der Waals surface area contributed by atoms with Crippen molar-refractivity contribution in [2.45, 2.75) is 6.18 Å². The highest BCUT2D eigenvalue weighted by Gasteiger charge is 2.35. The van der Waals surface area contributed by atoms with Crippen molar-refractivity contribution in [1.29, 1.82) is 0 Å². The summed E-state index contributed by atoms with van der Waals surface area (Å²) in [5.74, 6) is -0.386. The highest BCUT2D eigenvalue weighted by atomic mass is 127. The lowest BCUT2D eigenvalue weighted by Crippen LogP contribution is -2.08. The normalized spacial score (nSPS) is 11.4. The minimum Gasteiger partial charge on any atom is -0.424 e. The van der Waals surface area contributed by atoms with Crippen LogP contribution in [0.5, 0.6) is 11.8 Å². The Morgan fingerprint density at radius 2 is 1.79 bits per heavy atom. The van der Waals surface area contributed by atoms with Crippen molar-refractivity contribution >= 4 is 28.3 Å². The van der Waals surface area contributed by atoms with Crippen molar-refractivity contribution in [3.05, 3.63) is 39.7 Å². The lowest BCUT2D eigenvalue weighted by Gasteiger charge is -2.13. The summed E-state index contributed by atoms with van der Waals surface area (Å²) in [5.41, 5.74) is 4.39. The van der Waals surface area contributed by atoms with E-state index in [0.29, 0.717) is 0 Å². The predicted octanol–water partition coefficient (Wildman–Crippen LogP) is 3.47. The SMILES string of the molecule is Nc1ccc(Oc2ncc(I)cn2)c(C(F)(F)F)c1. The zero-order chi connectivity index (χ0) is 14.0. The smallest absolute Gasteiger partial charge is 0.420 e. The second-order valence-electron chi connectivity index (χ2n) is 3.54. The highest BCUT2D eigenvalue weighted by molar-refractivity contribution is 14.1. The molecule has 100 valence electrons. The maximum absolute atomic E-state index is 12.8. The molecular formula is C11H7F3IN3O. The highest BCUT2D eigenvalue weighted by Crippen LogP contribution is 2.38. The first-order chi connectivity index (χ1) is 8.86. The average molecular weight is 381 g/mol. The van der Waals surface area contributed by atoms with Crippen LogP contribution in [-0.2, 0) is 6.18 Å². The number of ether oxygens (including phenoxy) is 1. The maximum Gasteiger partial charge on any atom is 0.420 e. The lowest BCUT2D eigenvalue weighted by molar-refractivity contribution is -0.138. The number of anilines is 1. The molecule has 0 radical (unpaired) electrons. The van der Waals surface area contributed by atoms with Gasteiger partial charge >= 0.3 is 12.2 Å². The van der Waals surface area contributed by atoms with Gasteiger partial charge < -0.3 is 10.5 Å². The molecule has 2 aromatic rings. The van der Waals surface area contributed by atoms with Crippen molar-refractivity contribution in [1.82, 2.24) is 9.97 Å². The second-order valence-corrected chi connectivity index (χ2v) is 4.78.